The van der Waals surface area contributed by atoms with Gasteiger partial charge in [-0.25, -0.2) is 4.79 Å². The summed E-state index contributed by atoms with van der Waals surface area (Å²) in [5.74, 6) is -0.340. The van der Waals surface area contributed by atoms with E-state index in [2.05, 4.69) is 5.32 Å². The van der Waals surface area contributed by atoms with E-state index in [0.29, 0.717) is 24.9 Å². The van der Waals surface area contributed by atoms with Gasteiger partial charge in [-0.3, -0.25) is 4.79 Å². The molecule has 3 fully saturated rings. The molecule has 1 saturated heterocycles. The Morgan fingerprint density at radius 2 is 2.00 bits per heavy atom. The SMILES string of the molecule is O=C(O)C1CCCN(C(=O)NCC2(C3CC3)CC2)C1. The zero-order chi connectivity index (χ0) is 13.5. The van der Waals surface area contributed by atoms with E-state index >= 15 is 0 Å². The largest absolute Gasteiger partial charge is 0.481 e. The molecule has 1 aliphatic heterocycles. The Morgan fingerprint density at radius 1 is 1.26 bits per heavy atom. The molecule has 3 aliphatic rings. The van der Waals surface area contributed by atoms with E-state index in [0.717, 1.165) is 18.9 Å². The Morgan fingerprint density at radius 3 is 2.58 bits per heavy atom. The molecule has 5 nitrogen and oxygen atoms in total. The van der Waals surface area contributed by atoms with E-state index in [1.54, 1.807) is 4.90 Å². The lowest BCUT2D eigenvalue weighted by Crippen LogP contribution is -2.48. The Bertz CT molecular complexity index is 388. The molecule has 0 bridgehead atoms. The lowest BCUT2D eigenvalue weighted by Gasteiger charge is -2.31. The number of amides is 2. The maximum absolute atomic E-state index is 12.1. The van der Waals surface area contributed by atoms with Crippen LogP contribution < -0.4 is 5.32 Å². The molecular weight excluding hydrogens is 244 g/mol. The number of carbonyl (C=O) groups is 2. The highest BCUT2D eigenvalue weighted by molar-refractivity contribution is 5.76. The van der Waals surface area contributed by atoms with Crippen LogP contribution in [-0.4, -0.2) is 41.6 Å². The van der Waals surface area contributed by atoms with Crippen LogP contribution in [0.1, 0.15) is 38.5 Å². The second kappa shape index (κ2) is 4.69. The van der Waals surface area contributed by atoms with Gasteiger partial charge in [-0.1, -0.05) is 0 Å². The Hall–Kier alpha value is -1.26. The summed E-state index contributed by atoms with van der Waals surface area (Å²) < 4.78 is 0. The number of carboxylic acids is 1. The smallest absolute Gasteiger partial charge is 0.317 e. The molecule has 3 rings (SSSR count). The fourth-order valence-corrected chi connectivity index (χ4v) is 3.31. The third kappa shape index (κ3) is 2.69. The number of hydrogen-bond acceptors (Lipinski definition) is 2. The van der Waals surface area contributed by atoms with Crippen LogP contribution in [0.5, 0.6) is 0 Å². The van der Waals surface area contributed by atoms with Crippen molar-refractivity contribution < 1.29 is 14.7 Å². The molecule has 1 atom stereocenters. The van der Waals surface area contributed by atoms with E-state index in [1.807, 2.05) is 0 Å². The second-order valence-electron chi connectivity index (χ2n) is 6.42. The van der Waals surface area contributed by atoms with Crippen molar-refractivity contribution in [2.24, 2.45) is 17.3 Å². The number of nitrogens with one attached hydrogen (secondary N) is 1. The molecular formula is C14H22N2O3. The van der Waals surface area contributed by atoms with Gasteiger partial charge in [0.15, 0.2) is 0 Å². The number of urea groups is 1. The van der Waals surface area contributed by atoms with Gasteiger partial charge >= 0.3 is 12.0 Å². The van der Waals surface area contributed by atoms with Crippen molar-refractivity contribution in [3.8, 4) is 0 Å². The van der Waals surface area contributed by atoms with Gasteiger partial charge < -0.3 is 15.3 Å². The minimum atomic E-state index is -0.783. The maximum atomic E-state index is 12.1. The molecule has 19 heavy (non-hydrogen) atoms. The fraction of sp³-hybridized carbons (Fsp3) is 0.857. The van der Waals surface area contributed by atoms with Crippen LogP contribution in [0.3, 0.4) is 0 Å². The molecule has 0 spiro atoms. The quantitative estimate of drug-likeness (QED) is 0.813. The number of carboxylic acid groups (broad SMARTS) is 1. The first-order chi connectivity index (χ1) is 9.11. The van der Waals surface area contributed by atoms with E-state index in [1.165, 1.54) is 25.7 Å². The number of likely N-dealkylation sites (tertiary alicyclic amines) is 1. The molecule has 2 aliphatic carbocycles. The van der Waals surface area contributed by atoms with E-state index < -0.39 is 11.9 Å². The highest BCUT2D eigenvalue weighted by Crippen LogP contribution is 2.60. The number of rotatable bonds is 4. The Kier molecular flexibility index (Phi) is 3.15. The highest BCUT2D eigenvalue weighted by Gasteiger charge is 2.53. The van der Waals surface area contributed by atoms with E-state index in [-0.39, 0.29) is 6.03 Å². The highest BCUT2D eigenvalue weighted by atomic mass is 16.4. The summed E-state index contributed by atoms with van der Waals surface area (Å²) in [6, 6.07) is -0.0714. The summed E-state index contributed by atoms with van der Waals surface area (Å²) in [4.78, 5) is 24.8. The van der Waals surface area contributed by atoms with Crippen molar-refractivity contribution in [1.29, 1.82) is 0 Å². The van der Waals surface area contributed by atoms with Crippen molar-refractivity contribution in [3.63, 3.8) is 0 Å². The van der Waals surface area contributed by atoms with Gasteiger partial charge in [0.25, 0.3) is 0 Å². The van der Waals surface area contributed by atoms with Crippen LogP contribution in [0.2, 0.25) is 0 Å². The minimum Gasteiger partial charge on any atom is -0.481 e. The molecule has 2 saturated carbocycles. The monoisotopic (exact) mass is 266 g/mol. The average molecular weight is 266 g/mol. The summed E-state index contributed by atoms with van der Waals surface area (Å²) in [6.07, 6.45) is 6.61. The second-order valence-corrected chi connectivity index (χ2v) is 6.42. The van der Waals surface area contributed by atoms with Gasteiger partial charge in [0, 0.05) is 19.6 Å². The molecule has 0 aromatic rings. The molecule has 1 heterocycles. The number of piperidine rings is 1. The first kappa shape index (κ1) is 12.8. The van der Waals surface area contributed by atoms with Crippen molar-refractivity contribution in [1.82, 2.24) is 10.2 Å². The zero-order valence-electron chi connectivity index (χ0n) is 11.2. The summed E-state index contributed by atoms with van der Waals surface area (Å²) >= 11 is 0. The lowest BCUT2D eigenvalue weighted by molar-refractivity contribution is -0.143. The third-order valence-electron chi connectivity index (χ3n) is 4.99. The molecule has 5 heteroatoms. The summed E-state index contributed by atoms with van der Waals surface area (Å²) in [7, 11) is 0. The summed E-state index contributed by atoms with van der Waals surface area (Å²) in [6.45, 7) is 1.83. The molecule has 0 radical (unpaired) electrons. The van der Waals surface area contributed by atoms with E-state index in [4.69, 9.17) is 5.11 Å². The van der Waals surface area contributed by atoms with E-state index in [9.17, 15) is 9.59 Å². The van der Waals surface area contributed by atoms with Gasteiger partial charge in [-0.2, -0.15) is 0 Å². The molecule has 1 unspecified atom stereocenters. The minimum absolute atomic E-state index is 0.0714. The van der Waals surface area contributed by atoms with Crippen LogP contribution in [0.4, 0.5) is 4.79 Å². The van der Waals surface area contributed by atoms with Gasteiger partial charge in [0.05, 0.1) is 5.92 Å². The number of nitrogens with zero attached hydrogens (tertiary/aromatic N) is 1. The Labute approximate surface area is 113 Å². The molecule has 2 N–H and O–H groups in total. The van der Waals surface area contributed by atoms with Gasteiger partial charge in [0.2, 0.25) is 0 Å². The first-order valence-corrected chi connectivity index (χ1v) is 7.36. The fourth-order valence-electron chi connectivity index (χ4n) is 3.31. The van der Waals surface area contributed by atoms with Crippen LogP contribution in [0, 0.1) is 17.3 Å². The van der Waals surface area contributed by atoms with Crippen molar-refractivity contribution in [3.05, 3.63) is 0 Å². The van der Waals surface area contributed by atoms with Crippen LogP contribution in [-0.2, 0) is 4.79 Å². The zero-order valence-corrected chi connectivity index (χ0v) is 11.2. The van der Waals surface area contributed by atoms with Crippen LogP contribution in [0.25, 0.3) is 0 Å². The molecule has 0 aromatic carbocycles. The molecule has 106 valence electrons. The maximum Gasteiger partial charge on any atom is 0.317 e. The van der Waals surface area contributed by atoms with Gasteiger partial charge in [-0.05, 0) is 49.9 Å². The first-order valence-electron chi connectivity index (χ1n) is 7.36. The lowest BCUT2D eigenvalue weighted by atomic mass is 9.98. The molecule has 0 aromatic heterocycles. The summed E-state index contributed by atoms with van der Waals surface area (Å²) in [5, 5.41) is 12.1. The number of hydrogen-bond donors (Lipinski definition) is 2. The van der Waals surface area contributed by atoms with Crippen molar-refractivity contribution in [2.75, 3.05) is 19.6 Å². The van der Waals surface area contributed by atoms with Crippen molar-refractivity contribution >= 4 is 12.0 Å². The van der Waals surface area contributed by atoms with Gasteiger partial charge in [-0.15, -0.1) is 0 Å². The predicted molar refractivity (Wildman–Crippen MR) is 69.7 cm³/mol. The Balaban J connectivity index is 1.48. The van der Waals surface area contributed by atoms with Crippen LogP contribution >= 0.6 is 0 Å². The summed E-state index contributed by atoms with van der Waals surface area (Å²) in [5.41, 5.74) is 0.400. The number of carbonyl (C=O) groups excluding carboxylic acids is 1. The standard InChI is InChI=1S/C14H22N2O3/c17-12(18)10-2-1-7-16(8-10)13(19)15-9-14(5-6-14)11-3-4-11/h10-11H,1-9H2,(H,15,19)(H,17,18). The van der Waals surface area contributed by atoms with Crippen LogP contribution in [0.15, 0.2) is 0 Å². The third-order valence-corrected chi connectivity index (χ3v) is 4.99. The predicted octanol–water partition coefficient (Wildman–Crippen LogP) is 1.68. The normalized spacial score (nSPS) is 28.8. The topological polar surface area (TPSA) is 69.6 Å². The van der Waals surface area contributed by atoms with Crippen molar-refractivity contribution in [2.45, 2.75) is 38.5 Å². The average Bonchev–Trinajstić information content (AvgIpc) is 3.28. The number of aliphatic carboxylic acids is 1. The molecule has 2 amide bonds. The van der Waals surface area contributed by atoms with Gasteiger partial charge in [0.1, 0.15) is 0 Å².